The molecule has 108 valence electrons. The van der Waals surface area contributed by atoms with E-state index in [9.17, 15) is 4.79 Å². The Morgan fingerprint density at radius 2 is 1.71 bits per heavy atom. The first-order valence-corrected chi connectivity index (χ1v) is 7.17. The van der Waals surface area contributed by atoms with Gasteiger partial charge < -0.3 is 9.47 Å². The molecule has 1 aliphatic heterocycles. The van der Waals surface area contributed by atoms with Gasteiger partial charge in [0.2, 0.25) is 0 Å². The van der Waals surface area contributed by atoms with Gasteiger partial charge in [-0.3, -0.25) is 4.79 Å². The number of ketones is 1. The summed E-state index contributed by atoms with van der Waals surface area (Å²) in [6.07, 6.45) is 0.856. The summed E-state index contributed by atoms with van der Waals surface area (Å²) in [5.41, 5.74) is 3.44. The summed E-state index contributed by atoms with van der Waals surface area (Å²) in [5.74, 6) is 1.39. The van der Waals surface area contributed by atoms with Crippen molar-refractivity contribution in [2.45, 2.75) is 20.3 Å². The zero-order valence-electron chi connectivity index (χ0n) is 12.3. The normalized spacial score (nSPS) is 13.6. The maximum absolute atomic E-state index is 12.7. The number of rotatable bonds is 2. The van der Waals surface area contributed by atoms with Crippen LogP contribution in [0.5, 0.6) is 11.5 Å². The van der Waals surface area contributed by atoms with Crippen molar-refractivity contribution >= 4 is 5.78 Å². The van der Waals surface area contributed by atoms with Crippen LogP contribution in [0.4, 0.5) is 0 Å². The number of carbonyl (C=O) groups excluding carboxylic acids is 1. The van der Waals surface area contributed by atoms with Crippen LogP contribution in [-0.4, -0.2) is 19.0 Å². The lowest BCUT2D eigenvalue weighted by molar-refractivity contribution is 0.103. The fourth-order valence-corrected chi connectivity index (χ4v) is 2.44. The first-order valence-electron chi connectivity index (χ1n) is 7.17. The second-order valence-electron chi connectivity index (χ2n) is 5.36. The first kappa shape index (κ1) is 13.7. The molecule has 2 aromatic rings. The second-order valence-corrected chi connectivity index (χ2v) is 5.36. The predicted octanol–water partition coefficient (Wildman–Crippen LogP) is 3.70. The second kappa shape index (κ2) is 5.60. The van der Waals surface area contributed by atoms with E-state index in [0.717, 1.165) is 23.1 Å². The molecule has 0 unspecified atom stereocenters. The van der Waals surface area contributed by atoms with Crippen molar-refractivity contribution in [3.63, 3.8) is 0 Å². The summed E-state index contributed by atoms with van der Waals surface area (Å²) in [7, 11) is 0. The van der Waals surface area contributed by atoms with Crippen molar-refractivity contribution < 1.29 is 14.3 Å². The Kier molecular flexibility index (Phi) is 3.65. The summed E-state index contributed by atoms with van der Waals surface area (Å²) >= 11 is 0. The Morgan fingerprint density at radius 1 is 0.952 bits per heavy atom. The molecule has 0 N–H and O–H groups in total. The Labute approximate surface area is 124 Å². The third-order valence-electron chi connectivity index (χ3n) is 3.65. The van der Waals surface area contributed by atoms with Crippen LogP contribution in [0.2, 0.25) is 0 Å². The maximum Gasteiger partial charge on any atom is 0.193 e. The number of carbonyl (C=O) groups is 1. The van der Waals surface area contributed by atoms with Crippen molar-refractivity contribution in [1.29, 1.82) is 0 Å². The summed E-state index contributed by atoms with van der Waals surface area (Å²) < 4.78 is 11.2. The summed E-state index contributed by atoms with van der Waals surface area (Å²) in [5, 5.41) is 0. The highest BCUT2D eigenvalue weighted by molar-refractivity contribution is 6.10. The van der Waals surface area contributed by atoms with Crippen molar-refractivity contribution in [3.05, 3.63) is 58.7 Å². The van der Waals surface area contributed by atoms with Gasteiger partial charge in [-0.2, -0.15) is 0 Å². The molecule has 0 atom stereocenters. The summed E-state index contributed by atoms with van der Waals surface area (Å²) in [6, 6.07) is 11.3. The molecule has 0 aromatic heterocycles. The number of ether oxygens (including phenoxy) is 2. The molecule has 0 saturated heterocycles. The van der Waals surface area contributed by atoms with E-state index in [4.69, 9.17) is 9.47 Å². The molecule has 3 nitrogen and oxygen atoms in total. The zero-order valence-corrected chi connectivity index (χ0v) is 12.3. The number of hydrogen-bond donors (Lipinski definition) is 0. The van der Waals surface area contributed by atoms with Gasteiger partial charge in [-0.25, -0.2) is 0 Å². The smallest absolute Gasteiger partial charge is 0.193 e. The molecule has 0 bridgehead atoms. The molecule has 0 fully saturated rings. The Bertz CT molecular complexity index is 689. The van der Waals surface area contributed by atoms with Gasteiger partial charge in [0.05, 0.1) is 13.2 Å². The van der Waals surface area contributed by atoms with E-state index in [2.05, 4.69) is 0 Å². The van der Waals surface area contributed by atoms with Crippen LogP contribution in [0.3, 0.4) is 0 Å². The average Bonchev–Trinajstić information content (AvgIpc) is 2.73. The van der Waals surface area contributed by atoms with Crippen molar-refractivity contribution in [2.75, 3.05) is 13.2 Å². The van der Waals surface area contributed by atoms with Crippen molar-refractivity contribution in [2.24, 2.45) is 0 Å². The van der Waals surface area contributed by atoms with Gasteiger partial charge in [-0.1, -0.05) is 17.7 Å². The number of fused-ring (bicyclic) bond motifs is 1. The standard InChI is InChI=1S/C18H18O3/c1-12-4-5-13(2)15(10-12)18(19)14-6-7-16-17(11-14)21-9-3-8-20-16/h4-7,10-11H,3,8-9H2,1-2H3. The SMILES string of the molecule is Cc1ccc(C)c(C(=O)c2ccc3c(c2)OCCCO3)c1. The van der Waals surface area contributed by atoms with Crippen LogP contribution in [0, 0.1) is 13.8 Å². The lowest BCUT2D eigenvalue weighted by atomic mass is 9.97. The minimum atomic E-state index is 0.0202. The molecule has 1 heterocycles. The number of hydrogen-bond acceptors (Lipinski definition) is 3. The highest BCUT2D eigenvalue weighted by atomic mass is 16.5. The molecule has 3 rings (SSSR count). The third kappa shape index (κ3) is 2.77. The van der Waals surface area contributed by atoms with Crippen LogP contribution in [0.15, 0.2) is 36.4 Å². The van der Waals surface area contributed by atoms with Crippen LogP contribution < -0.4 is 9.47 Å². The topological polar surface area (TPSA) is 35.5 Å². The highest BCUT2D eigenvalue weighted by Crippen LogP contribution is 2.31. The molecule has 2 aromatic carbocycles. The van der Waals surface area contributed by atoms with E-state index in [0.29, 0.717) is 30.3 Å². The summed E-state index contributed by atoms with van der Waals surface area (Å²) in [4.78, 5) is 12.7. The van der Waals surface area contributed by atoms with E-state index in [1.165, 1.54) is 0 Å². The van der Waals surface area contributed by atoms with Crippen LogP contribution in [0.1, 0.15) is 33.5 Å². The molecule has 21 heavy (non-hydrogen) atoms. The molecule has 0 radical (unpaired) electrons. The highest BCUT2D eigenvalue weighted by Gasteiger charge is 2.16. The maximum atomic E-state index is 12.7. The zero-order chi connectivity index (χ0) is 14.8. The van der Waals surface area contributed by atoms with Gasteiger partial charge in [0.1, 0.15) is 0 Å². The monoisotopic (exact) mass is 282 g/mol. The van der Waals surface area contributed by atoms with Crippen LogP contribution in [0.25, 0.3) is 0 Å². The lowest BCUT2D eigenvalue weighted by Gasteiger charge is -2.10. The number of aryl methyl sites for hydroxylation is 2. The summed E-state index contributed by atoms with van der Waals surface area (Å²) in [6.45, 7) is 5.21. The Hall–Kier alpha value is -2.29. The molecule has 0 saturated carbocycles. The molecular formula is C18H18O3. The minimum absolute atomic E-state index is 0.0202. The average molecular weight is 282 g/mol. The van der Waals surface area contributed by atoms with Crippen molar-refractivity contribution in [3.8, 4) is 11.5 Å². The predicted molar refractivity (Wildman–Crippen MR) is 81.4 cm³/mol. The molecule has 3 heteroatoms. The Morgan fingerprint density at radius 3 is 2.52 bits per heavy atom. The van der Waals surface area contributed by atoms with E-state index >= 15 is 0 Å². The molecule has 0 spiro atoms. The Balaban J connectivity index is 1.98. The van der Waals surface area contributed by atoms with Gasteiger partial charge in [-0.05, 0) is 43.7 Å². The van der Waals surface area contributed by atoms with E-state index in [1.54, 1.807) is 12.1 Å². The van der Waals surface area contributed by atoms with Gasteiger partial charge >= 0.3 is 0 Å². The number of benzene rings is 2. The fourth-order valence-electron chi connectivity index (χ4n) is 2.44. The quantitative estimate of drug-likeness (QED) is 0.788. The minimum Gasteiger partial charge on any atom is -0.490 e. The molecule has 1 aliphatic rings. The fraction of sp³-hybridized carbons (Fsp3) is 0.278. The molecule has 0 amide bonds. The van der Waals surface area contributed by atoms with Crippen LogP contribution >= 0.6 is 0 Å². The van der Waals surface area contributed by atoms with Gasteiger partial charge in [0, 0.05) is 17.5 Å². The van der Waals surface area contributed by atoms with Crippen molar-refractivity contribution in [1.82, 2.24) is 0 Å². The first-order chi connectivity index (χ1) is 10.1. The van der Waals surface area contributed by atoms with Gasteiger partial charge in [0.25, 0.3) is 0 Å². The third-order valence-corrected chi connectivity index (χ3v) is 3.65. The largest absolute Gasteiger partial charge is 0.490 e. The van der Waals surface area contributed by atoms with Crippen LogP contribution in [-0.2, 0) is 0 Å². The van der Waals surface area contributed by atoms with E-state index in [-0.39, 0.29) is 5.78 Å². The van der Waals surface area contributed by atoms with E-state index < -0.39 is 0 Å². The molecular weight excluding hydrogens is 264 g/mol. The lowest BCUT2D eigenvalue weighted by Crippen LogP contribution is -2.05. The van der Waals surface area contributed by atoms with E-state index in [1.807, 2.05) is 38.1 Å². The molecule has 0 aliphatic carbocycles. The van der Waals surface area contributed by atoms with Gasteiger partial charge in [0.15, 0.2) is 17.3 Å². The van der Waals surface area contributed by atoms with Gasteiger partial charge in [-0.15, -0.1) is 0 Å².